The molecule has 3 rings (SSSR count). The number of hydrogen-bond donors (Lipinski definition) is 3. The van der Waals surface area contributed by atoms with Crippen molar-refractivity contribution in [3.8, 4) is 0 Å². The molecule has 2 aromatic rings. The number of piperidine rings is 1. The van der Waals surface area contributed by atoms with E-state index in [4.69, 9.17) is 0 Å². The van der Waals surface area contributed by atoms with Crippen LogP contribution in [0.25, 0.3) is 10.8 Å². The zero-order chi connectivity index (χ0) is 16.8. The van der Waals surface area contributed by atoms with Crippen LogP contribution in [0, 0.1) is 0 Å². The highest BCUT2D eigenvalue weighted by molar-refractivity contribution is 5.91. The summed E-state index contributed by atoms with van der Waals surface area (Å²) < 4.78 is 0. The van der Waals surface area contributed by atoms with Crippen LogP contribution in [0.1, 0.15) is 18.4 Å². The van der Waals surface area contributed by atoms with E-state index in [1.54, 1.807) is 0 Å². The van der Waals surface area contributed by atoms with Gasteiger partial charge in [-0.2, -0.15) is 0 Å². The van der Waals surface area contributed by atoms with E-state index in [1.165, 1.54) is 0 Å². The lowest BCUT2D eigenvalue weighted by atomic mass is 10.0. The number of benzene rings is 2. The Morgan fingerprint density at radius 3 is 2.58 bits per heavy atom. The van der Waals surface area contributed by atoms with Crippen LogP contribution in [0.4, 0.5) is 0 Å². The van der Waals surface area contributed by atoms with E-state index in [0.717, 1.165) is 42.3 Å². The number of nitrogens with one attached hydrogen (secondary N) is 3. The third-order valence-corrected chi connectivity index (χ3v) is 4.38. The second-order valence-corrected chi connectivity index (χ2v) is 6.18. The first-order valence-electron chi connectivity index (χ1n) is 8.46. The smallest absolute Gasteiger partial charge is 0.239 e. The highest BCUT2D eigenvalue weighted by Gasteiger charge is 2.15. The molecule has 5 nitrogen and oxygen atoms in total. The topological polar surface area (TPSA) is 70.2 Å². The lowest BCUT2D eigenvalue weighted by Gasteiger charge is -2.23. The first kappa shape index (κ1) is 16.5. The SMILES string of the molecule is O=C(Cc1cccc2ccccc12)NCC(=O)NC1CCNCC1. The van der Waals surface area contributed by atoms with Crippen molar-refractivity contribution >= 4 is 22.6 Å². The maximum absolute atomic E-state index is 12.2. The van der Waals surface area contributed by atoms with Crippen LogP contribution in [-0.2, 0) is 16.0 Å². The predicted octanol–water partition coefficient (Wildman–Crippen LogP) is 1.37. The van der Waals surface area contributed by atoms with Crippen LogP contribution >= 0.6 is 0 Å². The van der Waals surface area contributed by atoms with E-state index < -0.39 is 0 Å². The molecular weight excluding hydrogens is 302 g/mol. The van der Waals surface area contributed by atoms with Crippen LogP contribution < -0.4 is 16.0 Å². The molecule has 2 aromatic carbocycles. The summed E-state index contributed by atoms with van der Waals surface area (Å²) in [6.45, 7) is 1.89. The molecule has 0 atom stereocenters. The highest BCUT2D eigenvalue weighted by Crippen LogP contribution is 2.18. The lowest BCUT2D eigenvalue weighted by molar-refractivity contribution is -0.126. The summed E-state index contributed by atoms with van der Waals surface area (Å²) in [5.74, 6) is -0.250. The molecule has 1 fully saturated rings. The molecule has 1 saturated heterocycles. The number of rotatable bonds is 5. The van der Waals surface area contributed by atoms with E-state index >= 15 is 0 Å². The van der Waals surface area contributed by atoms with Crippen LogP contribution in [0.15, 0.2) is 42.5 Å². The Morgan fingerprint density at radius 1 is 1.00 bits per heavy atom. The Hall–Kier alpha value is -2.40. The molecule has 126 valence electrons. The minimum absolute atomic E-state index is 0.0352. The van der Waals surface area contributed by atoms with Gasteiger partial charge in [-0.05, 0) is 42.3 Å². The monoisotopic (exact) mass is 325 g/mol. The van der Waals surface area contributed by atoms with E-state index in [9.17, 15) is 9.59 Å². The Bertz CT molecular complexity index is 718. The molecule has 0 unspecified atom stereocenters. The minimum atomic E-state index is -0.133. The summed E-state index contributed by atoms with van der Waals surface area (Å²) in [4.78, 5) is 24.1. The van der Waals surface area contributed by atoms with E-state index in [0.29, 0.717) is 0 Å². The molecule has 1 aliphatic rings. The van der Waals surface area contributed by atoms with Crippen molar-refractivity contribution in [3.63, 3.8) is 0 Å². The average Bonchev–Trinajstić information content (AvgIpc) is 2.61. The van der Waals surface area contributed by atoms with Gasteiger partial charge in [-0.15, -0.1) is 0 Å². The third kappa shape index (κ3) is 4.32. The van der Waals surface area contributed by atoms with Crippen molar-refractivity contribution in [2.75, 3.05) is 19.6 Å². The van der Waals surface area contributed by atoms with Crippen LogP contribution in [0.2, 0.25) is 0 Å². The molecule has 0 radical (unpaired) electrons. The molecule has 0 aliphatic carbocycles. The van der Waals surface area contributed by atoms with Gasteiger partial charge in [-0.3, -0.25) is 9.59 Å². The van der Waals surface area contributed by atoms with Crippen molar-refractivity contribution in [2.45, 2.75) is 25.3 Å². The summed E-state index contributed by atoms with van der Waals surface area (Å²) in [6.07, 6.45) is 2.16. The summed E-state index contributed by atoms with van der Waals surface area (Å²) in [6, 6.07) is 14.2. The minimum Gasteiger partial charge on any atom is -0.352 e. The van der Waals surface area contributed by atoms with Gasteiger partial charge >= 0.3 is 0 Å². The van der Waals surface area contributed by atoms with E-state index in [-0.39, 0.29) is 30.8 Å². The lowest BCUT2D eigenvalue weighted by Crippen LogP contribution is -2.46. The Morgan fingerprint density at radius 2 is 1.75 bits per heavy atom. The van der Waals surface area contributed by atoms with Gasteiger partial charge in [0.05, 0.1) is 13.0 Å². The van der Waals surface area contributed by atoms with Crippen molar-refractivity contribution in [1.29, 1.82) is 0 Å². The van der Waals surface area contributed by atoms with Gasteiger partial charge in [0.15, 0.2) is 0 Å². The van der Waals surface area contributed by atoms with E-state index in [1.807, 2.05) is 42.5 Å². The second kappa shape index (κ2) is 7.93. The second-order valence-electron chi connectivity index (χ2n) is 6.18. The molecule has 0 spiro atoms. The number of fused-ring (bicyclic) bond motifs is 1. The highest BCUT2D eigenvalue weighted by atomic mass is 16.2. The Balaban J connectivity index is 1.51. The van der Waals surface area contributed by atoms with Gasteiger partial charge in [-0.25, -0.2) is 0 Å². The molecule has 0 aromatic heterocycles. The van der Waals surface area contributed by atoms with Crippen LogP contribution in [0.3, 0.4) is 0 Å². The number of carbonyl (C=O) groups excluding carboxylic acids is 2. The quantitative estimate of drug-likeness (QED) is 0.777. The number of amides is 2. The molecule has 1 heterocycles. The van der Waals surface area contributed by atoms with Crippen molar-refractivity contribution in [1.82, 2.24) is 16.0 Å². The third-order valence-electron chi connectivity index (χ3n) is 4.38. The summed E-state index contributed by atoms with van der Waals surface area (Å²) >= 11 is 0. The predicted molar refractivity (Wildman–Crippen MR) is 94.7 cm³/mol. The summed E-state index contributed by atoms with van der Waals surface area (Å²) in [7, 11) is 0. The number of carbonyl (C=O) groups is 2. The van der Waals surface area contributed by atoms with Crippen molar-refractivity contribution < 1.29 is 9.59 Å². The summed E-state index contributed by atoms with van der Waals surface area (Å²) in [5, 5.41) is 11.1. The standard InChI is InChI=1S/C19H23N3O2/c23-18(21-13-19(24)22-16-8-10-20-11-9-16)12-15-6-3-5-14-4-1-2-7-17(14)15/h1-7,16,20H,8-13H2,(H,21,23)(H,22,24). The van der Waals surface area contributed by atoms with Gasteiger partial charge in [-0.1, -0.05) is 42.5 Å². The van der Waals surface area contributed by atoms with Gasteiger partial charge < -0.3 is 16.0 Å². The normalized spacial score (nSPS) is 15.2. The number of hydrogen-bond acceptors (Lipinski definition) is 3. The fourth-order valence-corrected chi connectivity index (χ4v) is 3.11. The van der Waals surface area contributed by atoms with Crippen LogP contribution in [0.5, 0.6) is 0 Å². The molecular formula is C19H23N3O2. The zero-order valence-corrected chi connectivity index (χ0v) is 13.7. The Kier molecular flexibility index (Phi) is 5.43. The molecule has 24 heavy (non-hydrogen) atoms. The molecule has 3 N–H and O–H groups in total. The van der Waals surface area contributed by atoms with Gasteiger partial charge in [0.2, 0.25) is 11.8 Å². The maximum Gasteiger partial charge on any atom is 0.239 e. The molecule has 5 heteroatoms. The van der Waals surface area contributed by atoms with Crippen molar-refractivity contribution in [3.05, 3.63) is 48.0 Å². The van der Waals surface area contributed by atoms with Crippen molar-refractivity contribution in [2.24, 2.45) is 0 Å². The molecule has 0 saturated carbocycles. The largest absolute Gasteiger partial charge is 0.352 e. The fourth-order valence-electron chi connectivity index (χ4n) is 3.11. The van der Waals surface area contributed by atoms with Gasteiger partial charge in [0.25, 0.3) is 0 Å². The average molecular weight is 325 g/mol. The maximum atomic E-state index is 12.2. The van der Waals surface area contributed by atoms with Crippen LogP contribution in [-0.4, -0.2) is 37.5 Å². The van der Waals surface area contributed by atoms with Gasteiger partial charge in [0, 0.05) is 6.04 Å². The first-order valence-corrected chi connectivity index (χ1v) is 8.46. The summed E-state index contributed by atoms with van der Waals surface area (Å²) in [5.41, 5.74) is 0.976. The zero-order valence-electron chi connectivity index (χ0n) is 13.7. The Labute approximate surface area is 141 Å². The van der Waals surface area contributed by atoms with Gasteiger partial charge in [0.1, 0.15) is 0 Å². The molecule has 0 bridgehead atoms. The molecule has 1 aliphatic heterocycles. The molecule has 2 amide bonds. The first-order chi connectivity index (χ1) is 11.7. The fraction of sp³-hybridized carbons (Fsp3) is 0.368. The van der Waals surface area contributed by atoms with E-state index in [2.05, 4.69) is 16.0 Å².